The number of halogens is 1. The van der Waals surface area contributed by atoms with E-state index in [4.69, 9.17) is 16.0 Å². The first-order valence-electron chi connectivity index (χ1n) is 9.81. The van der Waals surface area contributed by atoms with Gasteiger partial charge in [-0.05, 0) is 43.0 Å². The number of hydrogen-bond donors (Lipinski definition) is 0. The Morgan fingerprint density at radius 3 is 2.38 bits per heavy atom. The van der Waals surface area contributed by atoms with E-state index >= 15 is 0 Å². The van der Waals surface area contributed by atoms with Crippen LogP contribution in [0.1, 0.15) is 26.2 Å². The van der Waals surface area contributed by atoms with Crippen LogP contribution >= 0.6 is 11.6 Å². The smallest absolute Gasteiger partial charge is 0.236 e. The molecule has 0 spiro atoms. The summed E-state index contributed by atoms with van der Waals surface area (Å²) in [6.07, 6.45) is 3.14. The average Bonchev–Trinajstić information content (AvgIpc) is 3.21. The zero-order valence-corrected chi connectivity index (χ0v) is 17.8. The second kappa shape index (κ2) is 8.20. The van der Waals surface area contributed by atoms with E-state index in [0.29, 0.717) is 22.4 Å². The lowest BCUT2D eigenvalue weighted by Crippen LogP contribution is -2.34. The Morgan fingerprint density at radius 1 is 1.07 bits per heavy atom. The van der Waals surface area contributed by atoms with Crippen molar-refractivity contribution in [2.24, 2.45) is 5.92 Å². The van der Waals surface area contributed by atoms with E-state index in [-0.39, 0.29) is 15.8 Å². The fourth-order valence-electron chi connectivity index (χ4n) is 3.68. The number of anilines is 1. The van der Waals surface area contributed by atoms with Gasteiger partial charge in [-0.15, -0.1) is 0 Å². The Labute approximate surface area is 176 Å². The molecular formula is C22H23ClN2O3S. The van der Waals surface area contributed by atoms with Gasteiger partial charge in [0.05, 0.1) is 15.5 Å². The number of oxazole rings is 1. The molecule has 1 aliphatic rings. The van der Waals surface area contributed by atoms with Crippen molar-refractivity contribution in [2.75, 3.05) is 18.0 Å². The Balaban J connectivity index is 1.82. The normalized spacial score (nSPS) is 15.6. The van der Waals surface area contributed by atoms with E-state index in [2.05, 4.69) is 11.9 Å². The van der Waals surface area contributed by atoms with Crippen molar-refractivity contribution >= 4 is 27.3 Å². The maximum atomic E-state index is 13.4. The molecule has 29 heavy (non-hydrogen) atoms. The zero-order valence-electron chi connectivity index (χ0n) is 16.2. The molecule has 0 unspecified atom stereocenters. The van der Waals surface area contributed by atoms with Gasteiger partial charge in [-0.25, -0.2) is 8.42 Å². The van der Waals surface area contributed by atoms with Gasteiger partial charge in [-0.1, -0.05) is 55.3 Å². The SMILES string of the molecule is CCC1CCN(c2oc(-c3ccccc3Cl)nc2S(=O)(=O)c2ccccc2)CC1. The second-order valence-electron chi connectivity index (χ2n) is 7.26. The van der Waals surface area contributed by atoms with Gasteiger partial charge in [-0.2, -0.15) is 4.98 Å². The van der Waals surface area contributed by atoms with Crippen LogP contribution in [0.15, 0.2) is 68.9 Å². The van der Waals surface area contributed by atoms with Crippen LogP contribution in [0.25, 0.3) is 11.5 Å². The van der Waals surface area contributed by atoms with Gasteiger partial charge < -0.3 is 9.32 Å². The number of nitrogens with zero attached hydrogens (tertiary/aromatic N) is 2. The highest BCUT2D eigenvalue weighted by Gasteiger charge is 2.33. The van der Waals surface area contributed by atoms with E-state index < -0.39 is 9.84 Å². The largest absolute Gasteiger partial charge is 0.419 e. The third-order valence-electron chi connectivity index (χ3n) is 5.47. The number of sulfone groups is 1. The van der Waals surface area contributed by atoms with Crippen molar-refractivity contribution in [3.05, 3.63) is 59.6 Å². The monoisotopic (exact) mass is 430 g/mol. The van der Waals surface area contributed by atoms with Crippen molar-refractivity contribution in [2.45, 2.75) is 36.1 Å². The van der Waals surface area contributed by atoms with Crippen molar-refractivity contribution in [1.29, 1.82) is 0 Å². The molecule has 0 N–H and O–H groups in total. The number of piperidine rings is 1. The molecule has 152 valence electrons. The van der Waals surface area contributed by atoms with E-state index in [9.17, 15) is 8.42 Å². The van der Waals surface area contributed by atoms with Crippen LogP contribution in [0.2, 0.25) is 5.02 Å². The summed E-state index contributed by atoms with van der Waals surface area (Å²) < 4.78 is 32.8. The van der Waals surface area contributed by atoms with Gasteiger partial charge in [0.25, 0.3) is 0 Å². The maximum Gasteiger partial charge on any atom is 0.236 e. The Bertz CT molecular complexity index is 1090. The third kappa shape index (κ3) is 3.91. The predicted molar refractivity (Wildman–Crippen MR) is 114 cm³/mol. The summed E-state index contributed by atoms with van der Waals surface area (Å²) in [6.45, 7) is 3.68. The molecule has 0 bridgehead atoms. The highest BCUT2D eigenvalue weighted by Crippen LogP contribution is 2.38. The van der Waals surface area contributed by atoms with Gasteiger partial charge in [0.2, 0.25) is 26.6 Å². The van der Waals surface area contributed by atoms with Crippen molar-refractivity contribution in [3.8, 4) is 11.5 Å². The first-order valence-corrected chi connectivity index (χ1v) is 11.7. The maximum absolute atomic E-state index is 13.4. The minimum absolute atomic E-state index is 0.0476. The van der Waals surface area contributed by atoms with Crippen LogP contribution < -0.4 is 4.90 Å². The van der Waals surface area contributed by atoms with E-state index in [1.165, 1.54) is 0 Å². The summed E-state index contributed by atoms with van der Waals surface area (Å²) in [5.74, 6) is 1.18. The fourth-order valence-corrected chi connectivity index (χ4v) is 5.24. The van der Waals surface area contributed by atoms with Crippen LogP contribution in [-0.4, -0.2) is 26.5 Å². The van der Waals surface area contributed by atoms with Crippen molar-refractivity contribution < 1.29 is 12.8 Å². The highest BCUT2D eigenvalue weighted by molar-refractivity contribution is 7.91. The summed E-state index contributed by atoms with van der Waals surface area (Å²) in [5, 5.41) is 0.419. The summed E-state index contributed by atoms with van der Waals surface area (Å²) in [5.41, 5.74) is 0.577. The highest BCUT2D eigenvalue weighted by atomic mass is 35.5. The molecule has 5 nitrogen and oxygen atoms in total. The van der Waals surface area contributed by atoms with Crippen LogP contribution in [0.5, 0.6) is 0 Å². The van der Waals surface area contributed by atoms with E-state index in [1.807, 2.05) is 17.0 Å². The molecule has 2 heterocycles. The number of rotatable bonds is 5. The van der Waals surface area contributed by atoms with Crippen molar-refractivity contribution in [3.63, 3.8) is 0 Å². The summed E-state index contributed by atoms with van der Waals surface area (Å²) >= 11 is 6.31. The van der Waals surface area contributed by atoms with Gasteiger partial charge in [0, 0.05) is 13.1 Å². The Morgan fingerprint density at radius 2 is 1.72 bits per heavy atom. The molecule has 3 aromatic rings. The fraction of sp³-hybridized carbons (Fsp3) is 0.318. The standard InChI is InChI=1S/C22H23ClN2O3S/c1-2-16-12-14-25(15-13-16)22-21(29(26,27)17-8-4-3-5-9-17)24-20(28-22)18-10-6-7-11-19(18)23/h3-11,16H,2,12-15H2,1H3. The summed E-state index contributed by atoms with van der Waals surface area (Å²) in [4.78, 5) is 6.62. The number of hydrogen-bond acceptors (Lipinski definition) is 5. The van der Waals surface area contributed by atoms with Gasteiger partial charge in [0.1, 0.15) is 0 Å². The minimum Gasteiger partial charge on any atom is -0.419 e. The van der Waals surface area contributed by atoms with Gasteiger partial charge in [0.15, 0.2) is 0 Å². The van der Waals surface area contributed by atoms with Crippen LogP contribution in [0.3, 0.4) is 0 Å². The predicted octanol–water partition coefficient (Wildman–Crippen LogP) is 5.45. The average molecular weight is 431 g/mol. The third-order valence-corrected chi connectivity index (χ3v) is 7.47. The van der Waals surface area contributed by atoms with E-state index in [1.54, 1.807) is 42.5 Å². The molecule has 0 radical (unpaired) electrons. The molecule has 1 saturated heterocycles. The molecule has 4 rings (SSSR count). The molecule has 1 aromatic heterocycles. The Kier molecular flexibility index (Phi) is 5.65. The molecule has 7 heteroatoms. The second-order valence-corrected chi connectivity index (χ2v) is 9.54. The van der Waals surface area contributed by atoms with Crippen LogP contribution in [0, 0.1) is 5.92 Å². The summed E-state index contributed by atoms with van der Waals surface area (Å²) in [7, 11) is -3.83. The molecule has 2 aromatic carbocycles. The molecule has 0 atom stereocenters. The first kappa shape index (κ1) is 20.0. The minimum atomic E-state index is -3.83. The molecular weight excluding hydrogens is 408 g/mol. The lowest BCUT2D eigenvalue weighted by Gasteiger charge is -2.31. The molecule has 0 aliphatic carbocycles. The summed E-state index contributed by atoms with van der Waals surface area (Å²) in [6, 6.07) is 15.5. The van der Waals surface area contributed by atoms with Crippen LogP contribution in [0.4, 0.5) is 5.88 Å². The van der Waals surface area contributed by atoms with Crippen molar-refractivity contribution in [1.82, 2.24) is 4.98 Å². The number of aromatic nitrogens is 1. The Hall–Kier alpha value is -2.31. The molecule has 1 aliphatic heterocycles. The van der Waals surface area contributed by atoms with Gasteiger partial charge in [-0.3, -0.25) is 0 Å². The molecule has 1 fully saturated rings. The van der Waals surface area contributed by atoms with Gasteiger partial charge >= 0.3 is 0 Å². The molecule has 0 saturated carbocycles. The quantitative estimate of drug-likeness (QED) is 0.538. The topological polar surface area (TPSA) is 63.4 Å². The number of benzene rings is 2. The van der Waals surface area contributed by atoms with Crippen LogP contribution in [-0.2, 0) is 9.84 Å². The lowest BCUT2D eigenvalue weighted by atomic mass is 9.95. The molecule has 0 amide bonds. The van der Waals surface area contributed by atoms with E-state index in [0.717, 1.165) is 32.4 Å². The lowest BCUT2D eigenvalue weighted by molar-refractivity contribution is 0.380. The zero-order chi connectivity index (χ0) is 20.4. The first-order chi connectivity index (χ1) is 14.0.